The van der Waals surface area contributed by atoms with Crippen LogP contribution in [0.2, 0.25) is 0 Å². The van der Waals surface area contributed by atoms with E-state index in [1.54, 1.807) is 29.0 Å². The van der Waals surface area contributed by atoms with Gasteiger partial charge in [-0.3, -0.25) is 9.59 Å². The first kappa shape index (κ1) is 22.5. The average Bonchev–Trinajstić information content (AvgIpc) is 2.85. The lowest BCUT2D eigenvalue weighted by Gasteiger charge is -2.44. The summed E-state index contributed by atoms with van der Waals surface area (Å²) in [6, 6.07) is 16.6. The molecule has 0 N–H and O–H groups in total. The molecule has 2 amide bonds. The molecule has 2 aliphatic rings. The Morgan fingerprint density at radius 3 is 2.79 bits per heavy atom. The highest BCUT2D eigenvalue weighted by molar-refractivity contribution is 5.81. The number of hydrogen-bond acceptors (Lipinski definition) is 6. The molecule has 2 heterocycles. The minimum Gasteiger partial charge on any atom is -0.497 e. The molecular weight excluding hydrogens is 422 g/mol. The van der Waals surface area contributed by atoms with Gasteiger partial charge >= 0.3 is 0 Å². The third-order valence-corrected chi connectivity index (χ3v) is 6.07. The number of methoxy groups -OCH3 is 1. The van der Waals surface area contributed by atoms with Gasteiger partial charge in [0.2, 0.25) is 5.91 Å². The highest BCUT2D eigenvalue weighted by Crippen LogP contribution is 2.42. The molecular formula is C25H27N3O5. The van der Waals surface area contributed by atoms with Crippen molar-refractivity contribution in [3.63, 3.8) is 0 Å². The first-order valence-electron chi connectivity index (χ1n) is 11.0. The van der Waals surface area contributed by atoms with Crippen LogP contribution in [0.4, 0.5) is 0 Å². The molecule has 0 bridgehead atoms. The van der Waals surface area contributed by atoms with E-state index in [-0.39, 0.29) is 49.8 Å². The Labute approximate surface area is 193 Å². The van der Waals surface area contributed by atoms with Crippen LogP contribution in [0.5, 0.6) is 17.2 Å². The molecule has 4 rings (SSSR count). The zero-order valence-electron chi connectivity index (χ0n) is 18.6. The van der Waals surface area contributed by atoms with Crippen LogP contribution < -0.4 is 14.2 Å². The number of hydrogen-bond donors (Lipinski definition) is 0. The van der Waals surface area contributed by atoms with E-state index in [1.165, 1.54) is 0 Å². The largest absolute Gasteiger partial charge is 0.497 e. The third-order valence-electron chi connectivity index (χ3n) is 6.07. The SMILES string of the molecule is COc1ccc2c(c1)OC[C@@H]1CN(CCC#N)C(=O)CCN(C(=O)COc3ccccc3)[C@H]21. The molecule has 2 aromatic carbocycles. The number of fused-ring (bicyclic) bond motifs is 3. The lowest BCUT2D eigenvalue weighted by Crippen LogP contribution is -2.52. The van der Waals surface area contributed by atoms with Gasteiger partial charge in [0, 0.05) is 43.6 Å². The van der Waals surface area contributed by atoms with Crippen molar-refractivity contribution in [2.45, 2.75) is 18.9 Å². The number of nitrogens with zero attached hydrogens (tertiary/aromatic N) is 3. The number of carbonyl (C=O) groups excluding carboxylic acids is 2. The highest BCUT2D eigenvalue weighted by atomic mass is 16.5. The smallest absolute Gasteiger partial charge is 0.261 e. The van der Waals surface area contributed by atoms with E-state index >= 15 is 0 Å². The molecule has 33 heavy (non-hydrogen) atoms. The van der Waals surface area contributed by atoms with Crippen molar-refractivity contribution in [2.75, 3.05) is 40.0 Å². The van der Waals surface area contributed by atoms with Crippen LogP contribution in [0.3, 0.4) is 0 Å². The quantitative estimate of drug-likeness (QED) is 0.674. The molecule has 0 saturated carbocycles. The zero-order valence-corrected chi connectivity index (χ0v) is 18.6. The van der Waals surface area contributed by atoms with Gasteiger partial charge in [-0.25, -0.2) is 0 Å². The van der Waals surface area contributed by atoms with Crippen molar-refractivity contribution < 1.29 is 23.8 Å². The monoisotopic (exact) mass is 449 g/mol. The van der Waals surface area contributed by atoms with Crippen LogP contribution in [-0.4, -0.2) is 61.6 Å². The van der Waals surface area contributed by atoms with Gasteiger partial charge in [0.25, 0.3) is 5.91 Å². The summed E-state index contributed by atoms with van der Waals surface area (Å²) in [5.41, 5.74) is 0.884. The minimum absolute atomic E-state index is 0.0639. The second-order valence-electron chi connectivity index (χ2n) is 8.11. The third kappa shape index (κ3) is 5.03. The summed E-state index contributed by atoms with van der Waals surface area (Å²) >= 11 is 0. The Bertz CT molecular complexity index is 1040. The van der Waals surface area contributed by atoms with E-state index in [2.05, 4.69) is 6.07 Å². The summed E-state index contributed by atoms with van der Waals surface area (Å²) in [6.07, 6.45) is 0.462. The van der Waals surface area contributed by atoms with Crippen LogP contribution in [-0.2, 0) is 9.59 Å². The lowest BCUT2D eigenvalue weighted by molar-refractivity contribution is -0.143. The van der Waals surface area contributed by atoms with Gasteiger partial charge in [0.1, 0.15) is 17.2 Å². The number of rotatable bonds is 6. The van der Waals surface area contributed by atoms with E-state index < -0.39 is 0 Å². The molecule has 0 radical (unpaired) electrons. The molecule has 0 spiro atoms. The molecule has 2 atom stereocenters. The van der Waals surface area contributed by atoms with Gasteiger partial charge in [-0.15, -0.1) is 0 Å². The predicted octanol–water partition coefficient (Wildman–Crippen LogP) is 2.80. The van der Waals surface area contributed by atoms with Crippen molar-refractivity contribution in [1.82, 2.24) is 9.80 Å². The Kier molecular flexibility index (Phi) is 6.98. The zero-order chi connectivity index (χ0) is 23.2. The van der Waals surface area contributed by atoms with E-state index in [0.717, 1.165) is 5.56 Å². The molecule has 0 unspecified atom stereocenters. The van der Waals surface area contributed by atoms with Crippen LogP contribution in [0.25, 0.3) is 0 Å². The van der Waals surface area contributed by atoms with E-state index in [4.69, 9.17) is 19.5 Å². The molecule has 2 aliphatic heterocycles. The van der Waals surface area contributed by atoms with Gasteiger partial charge in [0.05, 0.1) is 32.2 Å². The average molecular weight is 450 g/mol. The molecule has 172 valence electrons. The van der Waals surface area contributed by atoms with Crippen molar-refractivity contribution >= 4 is 11.8 Å². The fourth-order valence-corrected chi connectivity index (χ4v) is 4.45. The van der Waals surface area contributed by atoms with E-state index in [0.29, 0.717) is 36.9 Å². The summed E-state index contributed by atoms with van der Waals surface area (Å²) in [5.74, 6) is 1.59. The number of ether oxygens (including phenoxy) is 3. The summed E-state index contributed by atoms with van der Waals surface area (Å²) in [7, 11) is 1.60. The molecule has 0 aromatic heterocycles. The highest BCUT2D eigenvalue weighted by Gasteiger charge is 2.41. The Hall–Kier alpha value is -3.73. The fourth-order valence-electron chi connectivity index (χ4n) is 4.45. The molecule has 2 aromatic rings. The van der Waals surface area contributed by atoms with E-state index in [1.807, 2.05) is 36.4 Å². The van der Waals surface area contributed by atoms with Gasteiger partial charge in [-0.05, 0) is 24.3 Å². The van der Waals surface area contributed by atoms with Crippen LogP contribution >= 0.6 is 0 Å². The Morgan fingerprint density at radius 1 is 1.21 bits per heavy atom. The van der Waals surface area contributed by atoms with Crippen LogP contribution in [0.15, 0.2) is 48.5 Å². The molecule has 8 nitrogen and oxygen atoms in total. The van der Waals surface area contributed by atoms with Gasteiger partial charge in [0.15, 0.2) is 6.61 Å². The second kappa shape index (κ2) is 10.3. The number of nitriles is 1. The van der Waals surface area contributed by atoms with Crippen LogP contribution in [0.1, 0.15) is 24.4 Å². The summed E-state index contributed by atoms with van der Waals surface area (Å²) in [5, 5.41) is 9.00. The summed E-state index contributed by atoms with van der Waals surface area (Å²) in [4.78, 5) is 29.6. The number of amides is 2. The Morgan fingerprint density at radius 2 is 2.03 bits per heavy atom. The number of para-hydroxylation sites is 1. The predicted molar refractivity (Wildman–Crippen MR) is 120 cm³/mol. The molecule has 8 heteroatoms. The lowest BCUT2D eigenvalue weighted by atomic mass is 9.87. The normalized spacial score (nSPS) is 19.8. The maximum Gasteiger partial charge on any atom is 0.261 e. The first-order valence-corrected chi connectivity index (χ1v) is 11.0. The molecule has 1 saturated heterocycles. The minimum atomic E-state index is -0.274. The maximum atomic E-state index is 13.4. The second-order valence-corrected chi connectivity index (χ2v) is 8.11. The summed E-state index contributed by atoms with van der Waals surface area (Å²) in [6.45, 7) is 1.29. The van der Waals surface area contributed by atoms with E-state index in [9.17, 15) is 9.59 Å². The first-order chi connectivity index (χ1) is 16.1. The Balaban J connectivity index is 1.63. The van der Waals surface area contributed by atoms with Gasteiger partial charge in [-0.2, -0.15) is 5.26 Å². The molecule has 1 fully saturated rings. The standard InChI is InChI=1S/C25H27N3O5/c1-31-20-8-9-21-22(14-20)33-16-18-15-27(12-5-11-26)23(29)10-13-28(25(18)21)24(30)17-32-19-6-3-2-4-7-19/h2-4,6-9,14,18,25H,5,10,12-13,15-17H2,1H3/t18-,25-/m0/s1. The fraction of sp³-hybridized carbons (Fsp3) is 0.400. The van der Waals surface area contributed by atoms with Gasteiger partial charge < -0.3 is 24.0 Å². The summed E-state index contributed by atoms with van der Waals surface area (Å²) < 4.78 is 17.1. The number of benzene rings is 2. The maximum absolute atomic E-state index is 13.4. The molecule has 0 aliphatic carbocycles. The van der Waals surface area contributed by atoms with Crippen LogP contribution in [0, 0.1) is 17.2 Å². The topological polar surface area (TPSA) is 92.1 Å². The van der Waals surface area contributed by atoms with Crippen molar-refractivity contribution in [3.05, 3.63) is 54.1 Å². The van der Waals surface area contributed by atoms with Crippen molar-refractivity contribution in [1.29, 1.82) is 5.26 Å². The number of carbonyl (C=O) groups is 2. The van der Waals surface area contributed by atoms with Crippen molar-refractivity contribution in [3.8, 4) is 23.3 Å². The van der Waals surface area contributed by atoms with Crippen molar-refractivity contribution in [2.24, 2.45) is 5.92 Å². The van der Waals surface area contributed by atoms with Gasteiger partial charge in [-0.1, -0.05) is 18.2 Å².